The van der Waals surface area contributed by atoms with Gasteiger partial charge in [0.2, 0.25) is 5.91 Å². The number of anilines is 1. The smallest absolute Gasteiger partial charge is 0.238 e. The molecule has 1 aromatic heterocycles. The van der Waals surface area contributed by atoms with E-state index >= 15 is 0 Å². The highest BCUT2D eigenvalue weighted by molar-refractivity contribution is 5.94. The number of hydrogen-bond donors (Lipinski definition) is 2. The molecule has 1 saturated carbocycles. The van der Waals surface area contributed by atoms with Gasteiger partial charge in [-0.25, -0.2) is 4.68 Å². The summed E-state index contributed by atoms with van der Waals surface area (Å²) in [6.45, 7) is 0.344. The summed E-state index contributed by atoms with van der Waals surface area (Å²) in [4.78, 5) is 12.1. The molecule has 1 aromatic carbocycles. The zero-order valence-electron chi connectivity index (χ0n) is 11.8. The first-order chi connectivity index (χ1) is 10.3. The Hall–Kier alpha value is -2.21. The Balaban J connectivity index is 1.63. The van der Waals surface area contributed by atoms with E-state index in [1.165, 1.54) is 25.7 Å². The van der Waals surface area contributed by atoms with Crippen LogP contribution in [0.2, 0.25) is 0 Å². The van der Waals surface area contributed by atoms with Gasteiger partial charge in [0.1, 0.15) is 0 Å². The van der Waals surface area contributed by atoms with Crippen molar-refractivity contribution in [1.29, 1.82) is 0 Å². The van der Waals surface area contributed by atoms with Crippen LogP contribution in [0.3, 0.4) is 0 Å². The fraction of sp³-hybridized carbons (Fsp3) is 0.400. The largest absolute Gasteiger partial charge is 0.323 e. The summed E-state index contributed by atoms with van der Waals surface area (Å²) in [5, 5.41) is 14.0. The van der Waals surface area contributed by atoms with Crippen LogP contribution in [0.25, 0.3) is 5.69 Å². The molecule has 2 aromatic rings. The first kappa shape index (κ1) is 13.8. The monoisotopic (exact) mass is 285 g/mol. The number of amides is 1. The molecule has 3 rings (SSSR count). The van der Waals surface area contributed by atoms with Crippen LogP contribution in [0.15, 0.2) is 36.7 Å². The fourth-order valence-corrected chi connectivity index (χ4v) is 2.68. The number of benzene rings is 1. The van der Waals surface area contributed by atoms with Crippen LogP contribution in [-0.4, -0.2) is 33.5 Å². The standard InChI is InChI=1S/C15H19N5O/c21-15(11-16-12-5-1-2-6-12)18-13-7-3-4-8-14(13)20-10-9-17-19-20/h3-4,7-10,12,16H,1-2,5-6,11H2,(H,18,21). The second-order valence-corrected chi connectivity index (χ2v) is 5.28. The number of hydrogen-bond acceptors (Lipinski definition) is 4. The molecule has 0 unspecified atom stereocenters. The number of carbonyl (C=O) groups excluding carboxylic acids is 1. The fourth-order valence-electron chi connectivity index (χ4n) is 2.68. The molecule has 0 bridgehead atoms. The van der Waals surface area contributed by atoms with Gasteiger partial charge in [0, 0.05) is 6.04 Å². The van der Waals surface area contributed by atoms with E-state index in [-0.39, 0.29) is 5.91 Å². The molecule has 1 fully saturated rings. The van der Waals surface area contributed by atoms with Gasteiger partial charge in [-0.3, -0.25) is 4.79 Å². The molecule has 1 heterocycles. The predicted octanol–water partition coefficient (Wildman–Crippen LogP) is 1.74. The van der Waals surface area contributed by atoms with Gasteiger partial charge >= 0.3 is 0 Å². The van der Waals surface area contributed by atoms with Crippen molar-refractivity contribution in [3.05, 3.63) is 36.7 Å². The van der Waals surface area contributed by atoms with Gasteiger partial charge in [-0.1, -0.05) is 30.2 Å². The topological polar surface area (TPSA) is 71.8 Å². The minimum Gasteiger partial charge on any atom is -0.323 e. The maximum Gasteiger partial charge on any atom is 0.238 e. The van der Waals surface area contributed by atoms with Crippen LogP contribution in [0.5, 0.6) is 0 Å². The van der Waals surface area contributed by atoms with Gasteiger partial charge in [0.15, 0.2) is 0 Å². The lowest BCUT2D eigenvalue weighted by atomic mass is 10.2. The summed E-state index contributed by atoms with van der Waals surface area (Å²) in [6, 6.07) is 8.05. The third-order valence-corrected chi connectivity index (χ3v) is 3.75. The Bertz CT molecular complexity index is 590. The zero-order valence-corrected chi connectivity index (χ0v) is 11.8. The van der Waals surface area contributed by atoms with E-state index in [4.69, 9.17) is 0 Å². The number of nitrogens with one attached hydrogen (secondary N) is 2. The van der Waals surface area contributed by atoms with Gasteiger partial charge in [-0.15, -0.1) is 5.10 Å². The molecule has 2 N–H and O–H groups in total. The Morgan fingerprint density at radius 1 is 1.29 bits per heavy atom. The number of para-hydroxylation sites is 2. The SMILES string of the molecule is O=C(CNC1CCCC1)Nc1ccccc1-n1ccnn1. The Morgan fingerprint density at radius 3 is 2.86 bits per heavy atom. The van der Waals surface area contributed by atoms with Gasteiger partial charge in [0.05, 0.1) is 30.3 Å². The maximum atomic E-state index is 12.1. The third-order valence-electron chi connectivity index (χ3n) is 3.75. The zero-order chi connectivity index (χ0) is 14.5. The van der Waals surface area contributed by atoms with Gasteiger partial charge < -0.3 is 10.6 Å². The second-order valence-electron chi connectivity index (χ2n) is 5.28. The van der Waals surface area contributed by atoms with E-state index in [0.29, 0.717) is 12.6 Å². The molecular formula is C15H19N5O. The Kier molecular flexibility index (Phi) is 4.25. The molecule has 21 heavy (non-hydrogen) atoms. The molecule has 0 atom stereocenters. The number of carbonyl (C=O) groups is 1. The van der Waals surface area contributed by atoms with Crippen molar-refractivity contribution in [2.75, 3.05) is 11.9 Å². The lowest BCUT2D eigenvalue weighted by Gasteiger charge is -2.13. The first-order valence-electron chi connectivity index (χ1n) is 7.32. The average Bonchev–Trinajstić information content (AvgIpc) is 3.19. The molecule has 0 aliphatic heterocycles. The van der Waals surface area contributed by atoms with Crippen LogP contribution in [-0.2, 0) is 4.79 Å². The second kappa shape index (κ2) is 6.49. The van der Waals surface area contributed by atoms with Crippen LogP contribution in [0, 0.1) is 0 Å². The lowest BCUT2D eigenvalue weighted by molar-refractivity contribution is -0.115. The minimum absolute atomic E-state index is 0.0329. The highest BCUT2D eigenvalue weighted by Gasteiger charge is 2.15. The molecule has 6 nitrogen and oxygen atoms in total. The number of aromatic nitrogens is 3. The molecule has 0 saturated heterocycles. The molecule has 1 aliphatic rings. The normalized spacial score (nSPS) is 15.2. The summed E-state index contributed by atoms with van der Waals surface area (Å²) in [6.07, 6.45) is 8.22. The van der Waals surface area contributed by atoms with Crippen molar-refractivity contribution in [2.24, 2.45) is 0 Å². The number of rotatable bonds is 5. The molecule has 1 aliphatic carbocycles. The summed E-state index contributed by atoms with van der Waals surface area (Å²) >= 11 is 0. The predicted molar refractivity (Wildman–Crippen MR) is 80.2 cm³/mol. The molecule has 6 heteroatoms. The minimum atomic E-state index is -0.0329. The van der Waals surface area contributed by atoms with E-state index < -0.39 is 0 Å². The number of nitrogens with zero attached hydrogens (tertiary/aromatic N) is 3. The maximum absolute atomic E-state index is 12.1. The quantitative estimate of drug-likeness (QED) is 0.877. The van der Waals surface area contributed by atoms with Crippen molar-refractivity contribution < 1.29 is 4.79 Å². The molecular weight excluding hydrogens is 266 g/mol. The van der Waals surface area contributed by atoms with Gasteiger partial charge in [0.25, 0.3) is 0 Å². The van der Waals surface area contributed by atoms with Crippen molar-refractivity contribution in [1.82, 2.24) is 20.3 Å². The van der Waals surface area contributed by atoms with Crippen molar-refractivity contribution >= 4 is 11.6 Å². The summed E-state index contributed by atoms with van der Waals surface area (Å²) in [5.74, 6) is -0.0329. The Labute approximate surface area is 123 Å². The van der Waals surface area contributed by atoms with Crippen LogP contribution < -0.4 is 10.6 Å². The van der Waals surface area contributed by atoms with Gasteiger partial charge in [-0.05, 0) is 25.0 Å². The van der Waals surface area contributed by atoms with Crippen LogP contribution in [0.1, 0.15) is 25.7 Å². The van der Waals surface area contributed by atoms with Crippen LogP contribution in [0.4, 0.5) is 5.69 Å². The molecule has 1 amide bonds. The van der Waals surface area contributed by atoms with E-state index in [0.717, 1.165) is 11.4 Å². The average molecular weight is 285 g/mol. The Morgan fingerprint density at radius 2 is 2.10 bits per heavy atom. The van der Waals surface area contributed by atoms with E-state index in [2.05, 4.69) is 20.9 Å². The summed E-state index contributed by atoms with van der Waals surface area (Å²) in [7, 11) is 0. The van der Waals surface area contributed by atoms with Crippen molar-refractivity contribution in [3.63, 3.8) is 0 Å². The van der Waals surface area contributed by atoms with Crippen LogP contribution >= 0.6 is 0 Å². The van der Waals surface area contributed by atoms with E-state index in [9.17, 15) is 4.79 Å². The van der Waals surface area contributed by atoms with Crippen molar-refractivity contribution in [3.8, 4) is 5.69 Å². The third kappa shape index (κ3) is 3.46. The summed E-state index contributed by atoms with van der Waals surface area (Å²) < 4.78 is 1.64. The van der Waals surface area contributed by atoms with E-state index in [1.54, 1.807) is 17.1 Å². The molecule has 0 radical (unpaired) electrons. The molecule has 0 spiro atoms. The van der Waals surface area contributed by atoms with E-state index in [1.807, 2.05) is 24.3 Å². The van der Waals surface area contributed by atoms with Crippen molar-refractivity contribution in [2.45, 2.75) is 31.7 Å². The summed E-state index contributed by atoms with van der Waals surface area (Å²) in [5.41, 5.74) is 1.55. The van der Waals surface area contributed by atoms with Gasteiger partial charge in [-0.2, -0.15) is 0 Å². The highest BCUT2D eigenvalue weighted by Crippen LogP contribution is 2.19. The first-order valence-corrected chi connectivity index (χ1v) is 7.32. The lowest BCUT2D eigenvalue weighted by Crippen LogP contribution is -2.34. The molecule has 110 valence electrons. The highest BCUT2D eigenvalue weighted by atomic mass is 16.1.